The van der Waals surface area contributed by atoms with Crippen LogP contribution in [0.15, 0.2) is 22.9 Å². The summed E-state index contributed by atoms with van der Waals surface area (Å²) in [4.78, 5) is 4.41. The fourth-order valence-corrected chi connectivity index (χ4v) is 2.30. The van der Waals surface area contributed by atoms with Crippen LogP contribution in [-0.2, 0) is 13.0 Å². The van der Waals surface area contributed by atoms with Crippen molar-refractivity contribution >= 4 is 21.7 Å². The Morgan fingerprint density at radius 2 is 2.22 bits per heavy atom. The molecule has 6 heteroatoms. The number of aryl methyl sites for hydroxylation is 2. The largest absolute Gasteiger partial charge is 0.370 e. The highest BCUT2D eigenvalue weighted by Crippen LogP contribution is 2.15. The van der Waals surface area contributed by atoms with Crippen molar-refractivity contribution in [3.05, 3.63) is 34.5 Å². The van der Waals surface area contributed by atoms with Crippen LogP contribution < -0.4 is 5.32 Å². The Balaban J connectivity index is 1.92. The van der Waals surface area contributed by atoms with Crippen molar-refractivity contribution in [2.45, 2.75) is 26.8 Å². The molecule has 0 aliphatic carbocycles. The van der Waals surface area contributed by atoms with E-state index in [4.69, 9.17) is 0 Å². The third-order valence-corrected chi connectivity index (χ3v) is 3.07. The van der Waals surface area contributed by atoms with Gasteiger partial charge in [0.05, 0.1) is 0 Å². The zero-order valence-corrected chi connectivity index (χ0v) is 12.1. The first-order valence-electron chi connectivity index (χ1n) is 5.93. The summed E-state index contributed by atoms with van der Waals surface area (Å²) in [5, 5.41) is 11.3. The standard InChI is InChI=1S/C12H16BrN5/c1-3-18-8-15-17-12(18)4-5-14-11-7-10(13)6-9(2)16-11/h6-8H,3-5H2,1-2H3,(H,14,16). The molecule has 0 aliphatic heterocycles. The molecule has 0 aliphatic rings. The molecule has 0 fully saturated rings. The summed E-state index contributed by atoms with van der Waals surface area (Å²) in [5.41, 5.74) is 0.989. The van der Waals surface area contributed by atoms with E-state index in [-0.39, 0.29) is 0 Å². The second-order valence-electron chi connectivity index (χ2n) is 4.02. The number of nitrogens with one attached hydrogen (secondary N) is 1. The molecular formula is C12H16BrN5. The highest BCUT2D eigenvalue weighted by molar-refractivity contribution is 9.10. The van der Waals surface area contributed by atoms with Gasteiger partial charge in [-0.3, -0.25) is 0 Å². The lowest BCUT2D eigenvalue weighted by molar-refractivity contribution is 0.697. The number of hydrogen-bond acceptors (Lipinski definition) is 4. The van der Waals surface area contributed by atoms with Crippen LogP contribution in [0, 0.1) is 6.92 Å². The zero-order valence-electron chi connectivity index (χ0n) is 10.5. The summed E-state index contributed by atoms with van der Waals surface area (Å²) in [6.45, 7) is 5.75. The Labute approximate surface area is 115 Å². The van der Waals surface area contributed by atoms with Gasteiger partial charge in [-0.15, -0.1) is 10.2 Å². The predicted octanol–water partition coefficient (Wildman–Crippen LogP) is 2.42. The van der Waals surface area contributed by atoms with Crippen LogP contribution in [0.5, 0.6) is 0 Å². The number of aromatic nitrogens is 4. The van der Waals surface area contributed by atoms with Crippen molar-refractivity contribution in [1.29, 1.82) is 0 Å². The summed E-state index contributed by atoms with van der Waals surface area (Å²) in [6, 6.07) is 3.95. The minimum atomic E-state index is 0.793. The first kappa shape index (κ1) is 13.0. The van der Waals surface area contributed by atoms with E-state index >= 15 is 0 Å². The minimum Gasteiger partial charge on any atom is -0.370 e. The molecule has 0 aromatic carbocycles. The Kier molecular flexibility index (Phi) is 4.30. The van der Waals surface area contributed by atoms with E-state index in [9.17, 15) is 0 Å². The molecule has 2 rings (SSSR count). The third-order valence-electron chi connectivity index (χ3n) is 2.61. The predicted molar refractivity (Wildman–Crippen MR) is 74.6 cm³/mol. The summed E-state index contributed by atoms with van der Waals surface area (Å²) in [7, 11) is 0. The zero-order chi connectivity index (χ0) is 13.0. The van der Waals surface area contributed by atoms with Crippen molar-refractivity contribution in [3.63, 3.8) is 0 Å². The second kappa shape index (κ2) is 5.95. The number of hydrogen-bond donors (Lipinski definition) is 1. The SMILES string of the molecule is CCn1cnnc1CCNc1cc(Br)cc(C)n1. The quantitative estimate of drug-likeness (QED) is 0.921. The number of anilines is 1. The van der Waals surface area contributed by atoms with Gasteiger partial charge in [-0.1, -0.05) is 15.9 Å². The third kappa shape index (κ3) is 3.29. The van der Waals surface area contributed by atoms with Gasteiger partial charge in [0, 0.05) is 29.7 Å². The molecule has 2 aromatic rings. The molecular weight excluding hydrogens is 294 g/mol. The molecule has 1 N–H and O–H groups in total. The number of rotatable bonds is 5. The Morgan fingerprint density at radius 1 is 1.39 bits per heavy atom. The van der Waals surface area contributed by atoms with Gasteiger partial charge >= 0.3 is 0 Å². The van der Waals surface area contributed by atoms with E-state index in [0.29, 0.717) is 0 Å². The highest BCUT2D eigenvalue weighted by Gasteiger charge is 2.03. The lowest BCUT2D eigenvalue weighted by Gasteiger charge is -2.07. The van der Waals surface area contributed by atoms with Crippen LogP contribution in [0.2, 0.25) is 0 Å². The maximum Gasteiger partial charge on any atom is 0.134 e. The molecule has 0 spiro atoms. The Hall–Kier alpha value is -1.43. The normalized spacial score (nSPS) is 10.6. The molecule has 0 atom stereocenters. The number of nitrogens with zero attached hydrogens (tertiary/aromatic N) is 4. The van der Waals surface area contributed by atoms with Crippen molar-refractivity contribution in [3.8, 4) is 0 Å². The van der Waals surface area contributed by atoms with Gasteiger partial charge in [-0.25, -0.2) is 4.98 Å². The van der Waals surface area contributed by atoms with Crippen molar-refractivity contribution in [2.75, 3.05) is 11.9 Å². The molecule has 0 radical (unpaired) electrons. The van der Waals surface area contributed by atoms with Crippen LogP contribution in [0.3, 0.4) is 0 Å². The first-order valence-corrected chi connectivity index (χ1v) is 6.73. The van der Waals surface area contributed by atoms with E-state index in [1.807, 2.05) is 23.6 Å². The van der Waals surface area contributed by atoms with Gasteiger partial charge in [0.15, 0.2) is 0 Å². The Morgan fingerprint density at radius 3 is 2.94 bits per heavy atom. The van der Waals surface area contributed by atoms with E-state index in [1.54, 1.807) is 6.33 Å². The summed E-state index contributed by atoms with van der Waals surface area (Å²) < 4.78 is 3.08. The number of pyridine rings is 1. The van der Waals surface area contributed by atoms with E-state index < -0.39 is 0 Å². The maximum absolute atomic E-state index is 4.41. The summed E-state index contributed by atoms with van der Waals surface area (Å²) in [5.74, 6) is 1.88. The summed E-state index contributed by atoms with van der Waals surface area (Å²) in [6.07, 6.45) is 2.60. The van der Waals surface area contributed by atoms with Gasteiger partial charge in [0.25, 0.3) is 0 Å². The van der Waals surface area contributed by atoms with Crippen LogP contribution in [0.1, 0.15) is 18.4 Å². The topological polar surface area (TPSA) is 55.6 Å². The van der Waals surface area contributed by atoms with Gasteiger partial charge in [-0.05, 0) is 26.0 Å². The van der Waals surface area contributed by atoms with E-state index in [1.165, 1.54) is 0 Å². The molecule has 2 aromatic heterocycles. The van der Waals surface area contributed by atoms with Crippen molar-refractivity contribution < 1.29 is 0 Å². The van der Waals surface area contributed by atoms with Crippen LogP contribution >= 0.6 is 15.9 Å². The van der Waals surface area contributed by atoms with Gasteiger partial charge in [0.2, 0.25) is 0 Å². The molecule has 96 valence electrons. The lowest BCUT2D eigenvalue weighted by atomic mass is 10.3. The molecule has 0 amide bonds. The molecule has 5 nitrogen and oxygen atoms in total. The van der Waals surface area contributed by atoms with Gasteiger partial charge in [-0.2, -0.15) is 0 Å². The van der Waals surface area contributed by atoms with Gasteiger partial charge in [0.1, 0.15) is 18.0 Å². The Bertz CT molecular complexity index is 503. The van der Waals surface area contributed by atoms with E-state index in [0.717, 1.165) is 41.3 Å². The maximum atomic E-state index is 4.41. The molecule has 0 saturated heterocycles. The second-order valence-corrected chi connectivity index (χ2v) is 4.94. The minimum absolute atomic E-state index is 0.793. The fraction of sp³-hybridized carbons (Fsp3) is 0.417. The average Bonchev–Trinajstić information content (AvgIpc) is 2.75. The molecule has 0 saturated carbocycles. The monoisotopic (exact) mass is 309 g/mol. The van der Waals surface area contributed by atoms with E-state index in [2.05, 4.69) is 43.4 Å². The molecule has 0 unspecified atom stereocenters. The first-order chi connectivity index (χ1) is 8.69. The fourth-order valence-electron chi connectivity index (χ4n) is 1.76. The molecule has 0 bridgehead atoms. The summed E-state index contributed by atoms with van der Waals surface area (Å²) >= 11 is 3.46. The smallest absolute Gasteiger partial charge is 0.134 e. The van der Waals surface area contributed by atoms with Crippen molar-refractivity contribution in [2.24, 2.45) is 0 Å². The van der Waals surface area contributed by atoms with Crippen LogP contribution in [0.4, 0.5) is 5.82 Å². The van der Waals surface area contributed by atoms with Crippen LogP contribution in [-0.4, -0.2) is 26.3 Å². The number of halogens is 1. The van der Waals surface area contributed by atoms with Gasteiger partial charge < -0.3 is 9.88 Å². The lowest BCUT2D eigenvalue weighted by Crippen LogP contribution is -2.10. The molecule has 18 heavy (non-hydrogen) atoms. The average molecular weight is 310 g/mol. The highest BCUT2D eigenvalue weighted by atomic mass is 79.9. The van der Waals surface area contributed by atoms with Crippen molar-refractivity contribution in [1.82, 2.24) is 19.7 Å². The molecule has 2 heterocycles. The van der Waals surface area contributed by atoms with Crippen LogP contribution in [0.25, 0.3) is 0 Å².